The Balaban J connectivity index is 3.12. The largest absolute Gasteiger partial charge is 0.0887 e. The number of hydrogen-bond acceptors (Lipinski definition) is 0. The molecular weight excluding hydrogens is 96.1 g/mol. The second kappa shape index (κ2) is 4.89. The van der Waals surface area contributed by atoms with E-state index < -0.39 is 0 Å². The fourth-order valence-electron chi connectivity index (χ4n) is 0.548. The van der Waals surface area contributed by atoms with Gasteiger partial charge in [-0.3, -0.25) is 0 Å². The quantitative estimate of drug-likeness (QED) is 0.491. The Morgan fingerprint density at radius 3 is 2.62 bits per heavy atom. The van der Waals surface area contributed by atoms with Gasteiger partial charge in [0.1, 0.15) is 0 Å². The van der Waals surface area contributed by atoms with Crippen molar-refractivity contribution in [2.75, 3.05) is 0 Å². The molecule has 0 aliphatic carbocycles. The lowest BCUT2D eigenvalue weighted by Crippen LogP contribution is -1.74. The van der Waals surface area contributed by atoms with Gasteiger partial charge in [0, 0.05) is 0 Å². The molecule has 0 unspecified atom stereocenters. The molecule has 0 saturated heterocycles. The minimum atomic E-state index is 1.06. The molecule has 8 heavy (non-hydrogen) atoms. The zero-order chi connectivity index (χ0) is 6.41. The van der Waals surface area contributed by atoms with E-state index in [0.717, 1.165) is 6.42 Å². The maximum Gasteiger partial charge on any atom is -0.0323 e. The Morgan fingerprint density at radius 2 is 2.25 bits per heavy atom. The lowest BCUT2D eigenvalue weighted by Gasteiger charge is -1.94. The fraction of sp³-hybridized carbons (Fsp3) is 0.625. The summed E-state index contributed by atoms with van der Waals surface area (Å²) in [7, 11) is 0. The van der Waals surface area contributed by atoms with Crippen LogP contribution in [0.15, 0.2) is 11.6 Å². The number of rotatable bonds is 3. The van der Waals surface area contributed by atoms with Crippen molar-refractivity contribution in [1.82, 2.24) is 0 Å². The first kappa shape index (κ1) is 7.74. The SMILES string of the molecule is [CH2]CCC/C(C)=C/C. The maximum absolute atomic E-state index is 3.76. The minimum Gasteiger partial charge on any atom is -0.0887 e. The first-order valence-electron chi connectivity index (χ1n) is 3.22. The van der Waals surface area contributed by atoms with E-state index in [9.17, 15) is 0 Å². The molecule has 0 aliphatic heterocycles. The highest BCUT2D eigenvalue weighted by atomic mass is 13.9. The summed E-state index contributed by atoms with van der Waals surface area (Å²) in [5, 5.41) is 0. The van der Waals surface area contributed by atoms with Crippen molar-refractivity contribution in [1.29, 1.82) is 0 Å². The van der Waals surface area contributed by atoms with Gasteiger partial charge in [-0.15, -0.1) is 0 Å². The predicted molar refractivity (Wildman–Crippen MR) is 38.6 cm³/mol. The monoisotopic (exact) mass is 111 g/mol. The summed E-state index contributed by atoms with van der Waals surface area (Å²) in [5.41, 5.74) is 1.48. The van der Waals surface area contributed by atoms with Crippen LogP contribution in [0.5, 0.6) is 0 Å². The van der Waals surface area contributed by atoms with Crippen molar-refractivity contribution in [3.05, 3.63) is 18.6 Å². The lowest BCUT2D eigenvalue weighted by atomic mass is 10.1. The summed E-state index contributed by atoms with van der Waals surface area (Å²) >= 11 is 0. The highest BCUT2D eigenvalue weighted by Crippen LogP contribution is 2.04. The second-order valence-electron chi connectivity index (χ2n) is 2.09. The van der Waals surface area contributed by atoms with E-state index in [-0.39, 0.29) is 0 Å². The molecule has 0 fully saturated rings. The third kappa shape index (κ3) is 3.91. The molecule has 0 nitrogen and oxygen atoms in total. The van der Waals surface area contributed by atoms with Crippen LogP contribution in [0.4, 0.5) is 0 Å². The van der Waals surface area contributed by atoms with E-state index in [2.05, 4.69) is 26.8 Å². The first-order chi connectivity index (χ1) is 3.81. The van der Waals surface area contributed by atoms with Gasteiger partial charge >= 0.3 is 0 Å². The minimum absolute atomic E-state index is 1.06. The third-order valence-electron chi connectivity index (χ3n) is 1.31. The molecule has 0 aromatic rings. The molecule has 0 aromatic carbocycles. The van der Waals surface area contributed by atoms with Crippen LogP contribution in [0, 0.1) is 6.92 Å². The summed E-state index contributed by atoms with van der Waals surface area (Å²) in [5.74, 6) is 0. The van der Waals surface area contributed by atoms with Gasteiger partial charge in [-0.2, -0.15) is 0 Å². The maximum atomic E-state index is 3.76. The predicted octanol–water partition coefficient (Wildman–Crippen LogP) is 2.96. The van der Waals surface area contributed by atoms with Crippen LogP contribution in [0.3, 0.4) is 0 Å². The summed E-state index contributed by atoms with van der Waals surface area (Å²) in [6.07, 6.45) is 5.68. The van der Waals surface area contributed by atoms with E-state index in [1.807, 2.05) is 0 Å². The van der Waals surface area contributed by atoms with Gasteiger partial charge in [-0.05, 0) is 26.7 Å². The van der Waals surface area contributed by atoms with E-state index in [1.165, 1.54) is 18.4 Å². The van der Waals surface area contributed by atoms with E-state index >= 15 is 0 Å². The van der Waals surface area contributed by atoms with Gasteiger partial charge in [0.05, 0.1) is 0 Å². The molecule has 1 radical (unpaired) electrons. The molecule has 0 heteroatoms. The average Bonchev–Trinajstić information content (AvgIpc) is 1.83. The Bertz CT molecular complexity index is 70.1. The van der Waals surface area contributed by atoms with Crippen LogP contribution >= 0.6 is 0 Å². The van der Waals surface area contributed by atoms with Gasteiger partial charge in [0.15, 0.2) is 0 Å². The lowest BCUT2D eigenvalue weighted by molar-refractivity contribution is 0.829. The van der Waals surface area contributed by atoms with Gasteiger partial charge < -0.3 is 0 Å². The van der Waals surface area contributed by atoms with Crippen LogP contribution in [0.2, 0.25) is 0 Å². The van der Waals surface area contributed by atoms with Crippen LogP contribution in [-0.4, -0.2) is 0 Å². The topological polar surface area (TPSA) is 0 Å². The molecule has 0 rings (SSSR count). The van der Waals surface area contributed by atoms with Gasteiger partial charge in [0.2, 0.25) is 0 Å². The Kier molecular flexibility index (Phi) is 4.73. The Morgan fingerprint density at radius 1 is 1.62 bits per heavy atom. The molecule has 0 saturated carbocycles. The van der Waals surface area contributed by atoms with Crippen LogP contribution in [-0.2, 0) is 0 Å². The zero-order valence-electron chi connectivity index (χ0n) is 5.91. The normalized spacial score (nSPS) is 12.1. The molecule has 0 aliphatic rings. The zero-order valence-corrected chi connectivity index (χ0v) is 5.91. The molecule has 0 N–H and O–H groups in total. The molecular formula is C8H15. The van der Waals surface area contributed by atoms with Gasteiger partial charge in [-0.25, -0.2) is 0 Å². The molecule has 0 amide bonds. The Hall–Kier alpha value is -0.260. The standard InChI is InChI=1S/C8H15/c1-4-6-7-8(3)5-2/h5H,1,4,6-7H2,2-3H3/b8-5+. The van der Waals surface area contributed by atoms with Crippen molar-refractivity contribution >= 4 is 0 Å². The molecule has 0 heterocycles. The highest BCUT2D eigenvalue weighted by molar-refractivity contribution is 4.94. The smallest absolute Gasteiger partial charge is 0.0323 e. The third-order valence-corrected chi connectivity index (χ3v) is 1.31. The highest BCUT2D eigenvalue weighted by Gasteiger charge is 1.83. The van der Waals surface area contributed by atoms with Gasteiger partial charge in [-0.1, -0.05) is 25.0 Å². The molecule has 0 bridgehead atoms. The van der Waals surface area contributed by atoms with Crippen molar-refractivity contribution < 1.29 is 0 Å². The van der Waals surface area contributed by atoms with Crippen molar-refractivity contribution in [3.8, 4) is 0 Å². The number of allylic oxidation sites excluding steroid dienone is 2. The molecule has 0 atom stereocenters. The number of hydrogen-bond donors (Lipinski definition) is 0. The van der Waals surface area contributed by atoms with Crippen LogP contribution in [0.25, 0.3) is 0 Å². The van der Waals surface area contributed by atoms with Crippen molar-refractivity contribution in [3.63, 3.8) is 0 Å². The summed E-state index contributed by atoms with van der Waals surface area (Å²) in [4.78, 5) is 0. The average molecular weight is 111 g/mol. The molecule has 0 spiro atoms. The Labute approximate surface area is 52.6 Å². The van der Waals surface area contributed by atoms with Crippen LogP contribution in [0.1, 0.15) is 33.1 Å². The van der Waals surface area contributed by atoms with Crippen molar-refractivity contribution in [2.45, 2.75) is 33.1 Å². The molecule has 47 valence electrons. The van der Waals surface area contributed by atoms with Crippen LogP contribution < -0.4 is 0 Å². The summed E-state index contributed by atoms with van der Waals surface area (Å²) < 4.78 is 0. The van der Waals surface area contributed by atoms with E-state index in [0.29, 0.717) is 0 Å². The van der Waals surface area contributed by atoms with E-state index in [1.54, 1.807) is 0 Å². The fourth-order valence-corrected chi connectivity index (χ4v) is 0.548. The summed E-state index contributed by atoms with van der Waals surface area (Å²) in [6.45, 7) is 8.01. The summed E-state index contributed by atoms with van der Waals surface area (Å²) in [6, 6.07) is 0. The second-order valence-corrected chi connectivity index (χ2v) is 2.09. The number of unbranched alkanes of at least 4 members (excludes halogenated alkanes) is 1. The van der Waals surface area contributed by atoms with Crippen molar-refractivity contribution in [2.24, 2.45) is 0 Å². The first-order valence-corrected chi connectivity index (χ1v) is 3.22. The van der Waals surface area contributed by atoms with Gasteiger partial charge in [0.25, 0.3) is 0 Å². The molecule has 0 aromatic heterocycles. The van der Waals surface area contributed by atoms with E-state index in [4.69, 9.17) is 0 Å².